The summed E-state index contributed by atoms with van der Waals surface area (Å²) in [6.45, 7) is 1.81. The number of aromatic amines is 1. The molecule has 0 bridgehead atoms. The fourth-order valence-electron chi connectivity index (χ4n) is 1.51. The first-order valence-electron chi connectivity index (χ1n) is 4.82. The first kappa shape index (κ1) is 10.3. The van der Waals surface area contributed by atoms with Crippen LogP contribution in [-0.2, 0) is 0 Å². The highest BCUT2D eigenvalue weighted by Gasteiger charge is 2.02. The number of aldehydes is 1. The highest BCUT2D eigenvalue weighted by molar-refractivity contribution is 5.77. The Kier molecular flexibility index (Phi) is 2.64. The average molecular weight is 214 g/mol. The van der Waals surface area contributed by atoms with Gasteiger partial charge in [0.2, 0.25) is 0 Å². The van der Waals surface area contributed by atoms with E-state index >= 15 is 0 Å². The molecule has 0 fully saturated rings. The maximum atomic E-state index is 11.0. The summed E-state index contributed by atoms with van der Waals surface area (Å²) >= 11 is 0. The van der Waals surface area contributed by atoms with Crippen molar-refractivity contribution in [3.8, 4) is 11.1 Å². The second kappa shape index (κ2) is 4.10. The molecule has 1 N–H and O–H groups in total. The minimum absolute atomic E-state index is 0.356. The Bertz CT molecular complexity index is 570. The molecule has 0 atom stereocenters. The Morgan fingerprint density at radius 1 is 1.25 bits per heavy atom. The van der Waals surface area contributed by atoms with Gasteiger partial charge in [0, 0.05) is 23.0 Å². The van der Waals surface area contributed by atoms with Crippen molar-refractivity contribution >= 4 is 6.29 Å². The molecule has 80 valence electrons. The summed E-state index contributed by atoms with van der Waals surface area (Å²) in [5, 5.41) is 0. The van der Waals surface area contributed by atoms with Gasteiger partial charge in [-0.1, -0.05) is 24.3 Å². The molecule has 1 aromatic carbocycles. The van der Waals surface area contributed by atoms with Crippen molar-refractivity contribution in [3.63, 3.8) is 0 Å². The van der Waals surface area contributed by atoms with Crippen molar-refractivity contribution in [1.29, 1.82) is 0 Å². The van der Waals surface area contributed by atoms with Crippen LogP contribution in [0.15, 0.2) is 35.3 Å². The standard InChI is InChI=1S/C12H10N2O2/c1-8-11(6-13-12(16)14-8)10-4-2-9(7-15)3-5-10/h2-7H,1H3,(H,13,14,16). The Hall–Kier alpha value is -2.23. The molecule has 1 heterocycles. The highest BCUT2D eigenvalue weighted by Crippen LogP contribution is 2.19. The normalized spacial score (nSPS) is 10.1. The number of rotatable bonds is 2. The summed E-state index contributed by atoms with van der Waals surface area (Å²) in [5.74, 6) is 0. The van der Waals surface area contributed by atoms with Crippen LogP contribution in [0.2, 0.25) is 0 Å². The first-order valence-corrected chi connectivity index (χ1v) is 4.82. The van der Waals surface area contributed by atoms with E-state index < -0.39 is 0 Å². The molecule has 0 saturated carbocycles. The van der Waals surface area contributed by atoms with Gasteiger partial charge >= 0.3 is 5.69 Å². The Balaban J connectivity index is 2.50. The van der Waals surface area contributed by atoms with Gasteiger partial charge in [-0.25, -0.2) is 9.78 Å². The van der Waals surface area contributed by atoms with E-state index in [0.717, 1.165) is 23.1 Å². The Morgan fingerprint density at radius 3 is 2.50 bits per heavy atom. The van der Waals surface area contributed by atoms with Crippen LogP contribution in [0.4, 0.5) is 0 Å². The lowest BCUT2D eigenvalue weighted by Crippen LogP contribution is -2.11. The van der Waals surface area contributed by atoms with Gasteiger partial charge in [0.15, 0.2) is 0 Å². The summed E-state index contributed by atoms with van der Waals surface area (Å²) in [7, 11) is 0. The third-order valence-electron chi connectivity index (χ3n) is 2.37. The number of aryl methyl sites for hydroxylation is 1. The molecule has 0 aliphatic rings. The van der Waals surface area contributed by atoms with Crippen LogP contribution in [0.1, 0.15) is 16.1 Å². The number of aromatic nitrogens is 2. The van der Waals surface area contributed by atoms with Crippen molar-refractivity contribution < 1.29 is 4.79 Å². The van der Waals surface area contributed by atoms with E-state index in [0.29, 0.717) is 5.56 Å². The monoisotopic (exact) mass is 214 g/mol. The lowest BCUT2D eigenvalue weighted by Gasteiger charge is -2.04. The molecule has 16 heavy (non-hydrogen) atoms. The number of carbonyl (C=O) groups excluding carboxylic acids is 1. The van der Waals surface area contributed by atoms with Gasteiger partial charge in [-0.05, 0) is 12.5 Å². The zero-order chi connectivity index (χ0) is 11.5. The second-order valence-corrected chi connectivity index (χ2v) is 3.47. The van der Waals surface area contributed by atoms with Crippen LogP contribution in [-0.4, -0.2) is 16.3 Å². The summed E-state index contributed by atoms with van der Waals surface area (Å²) < 4.78 is 0. The van der Waals surface area contributed by atoms with Crippen LogP contribution in [0.25, 0.3) is 11.1 Å². The van der Waals surface area contributed by atoms with Crippen LogP contribution in [0.5, 0.6) is 0 Å². The molecule has 0 aliphatic carbocycles. The molecule has 0 aliphatic heterocycles. The molecule has 0 spiro atoms. The molecule has 0 amide bonds. The molecule has 1 aromatic heterocycles. The summed E-state index contributed by atoms with van der Waals surface area (Å²) in [6.07, 6.45) is 2.33. The van der Waals surface area contributed by atoms with Gasteiger partial charge in [-0.2, -0.15) is 0 Å². The largest absolute Gasteiger partial charge is 0.345 e. The lowest BCUT2D eigenvalue weighted by molar-refractivity contribution is 0.112. The fourth-order valence-corrected chi connectivity index (χ4v) is 1.51. The van der Waals surface area contributed by atoms with Gasteiger partial charge in [0.1, 0.15) is 6.29 Å². The maximum Gasteiger partial charge on any atom is 0.345 e. The summed E-state index contributed by atoms with van der Waals surface area (Å²) in [5.41, 5.74) is 2.81. The Morgan fingerprint density at radius 2 is 1.94 bits per heavy atom. The van der Waals surface area contributed by atoms with Crippen molar-refractivity contribution in [1.82, 2.24) is 9.97 Å². The third kappa shape index (κ3) is 1.91. The SMILES string of the molecule is Cc1[nH]c(=O)ncc1-c1ccc(C=O)cc1. The summed E-state index contributed by atoms with van der Waals surface area (Å²) in [4.78, 5) is 27.8. The maximum absolute atomic E-state index is 11.0. The molecular formula is C12H10N2O2. The van der Waals surface area contributed by atoms with Gasteiger partial charge in [0.05, 0.1) is 0 Å². The molecule has 0 radical (unpaired) electrons. The van der Waals surface area contributed by atoms with E-state index in [9.17, 15) is 9.59 Å². The first-order chi connectivity index (χ1) is 7.70. The quantitative estimate of drug-likeness (QED) is 0.771. The number of benzene rings is 1. The number of nitrogens with zero attached hydrogens (tertiary/aromatic N) is 1. The number of H-pyrrole nitrogens is 1. The minimum atomic E-state index is -0.356. The fraction of sp³-hybridized carbons (Fsp3) is 0.0833. The van der Waals surface area contributed by atoms with E-state index in [1.807, 2.05) is 19.1 Å². The number of hydrogen-bond acceptors (Lipinski definition) is 3. The van der Waals surface area contributed by atoms with Crippen molar-refractivity contribution in [2.45, 2.75) is 6.92 Å². The zero-order valence-electron chi connectivity index (χ0n) is 8.73. The second-order valence-electron chi connectivity index (χ2n) is 3.47. The minimum Gasteiger partial charge on any atom is -0.309 e. The predicted octanol–water partition coefficient (Wildman–Crippen LogP) is 1.56. The van der Waals surface area contributed by atoms with E-state index in [1.54, 1.807) is 12.1 Å². The molecule has 0 unspecified atom stereocenters. The van der Waals surface area contributed by atoms with Crippen molar-refractivity contribution in [3.05, 3.63) is 52.2 Å². The third-order valence-corrected chi connectivity index (χ3v) is 2.37. The van der Waals surface area contributed by atoms with E-state index in [1.165, 1.54) is 6.20 Å². The van der Waals surface area contributed by atoms with Gasteiger partial charge in [-0.3, -0.25) is 4.79 Å². The molecule has 4 nitrogen and oxygen atoms in total. The van der Waals surface area contributed by atoms with Gasteiger partial charge in [-0.15, -0.1) is 0 Å². The van der Waals surface area contributed by atoms with E-state index in [4.69, 9.17) is 0 Å². The number of nitrogens with one attached hydrogen (secondary N) is 1. The van der Waals surface area contributed by atoms with E-state index in [-0.39, 0.29) is 5.69 Å². The van der Waals surface area contributed by atoms with Crippen molar-refractivity contribution in [2.24, 2.45) is 0 Å². The molecule has 2 aromatic rings. The van der Waals surface area contributed by atoms with E-state index in [2.05, 4.69) is 9.97 Å². The highest BCUT2D eigenvalue weighted by atomic mass is 16.1. The van der Waals surface area contributed by atoms with Gasteiger partial charge < -0.3 is 4.98 Å². The van der Waals surface area contributed by atoms with Crippen LogP contribution < -0.4 is 5.69 Å². The van der Waals surface area contributed by atoms with Crippen LogP contribution in [0.3, 0.4) is 0 Å². The smallest absolute Gasteiger partial charge is 0.309 e. The van der Waals surface area contributed by atoms with Crippen molar-refractivity contribution in [2.75, 3.05) is 0 Å². The predicted molar refractivity (Wildman–Crippen MR) is 60.4 cm³/mol. The molecule has 2 rings (SSSR count). The Labute approximate surface area is 92.0 Å². The van der Waals surface area contributed by atoms with Gasteiger partial charge in [0.25, 0.3) is 0 Å². The van der Waals surface area contributed by atoms with Crippen LogP contribution >= 0.6 is 0 Å². The molecule has 0 saturated heterocycles. The average Bonchev–Trinajstić information content (AvgIpc) is 2.29. The topological polar surface area (TPSA) is 62.8 Å². The van der Waals surface area contributed by atoms with Crippen LogP contribution in [0, 0.1) is 6.92 Å². The zero-order valence-corrected chi connectivity index (χ0v) is 8.73. The molecular weight excluding hydrogens is 204 g/mol. The number of hydrogen-bond donors (Lipinski definition) is 1. The molecule has 4 heteroatoms. The number of carbonyl (C=O) groups is 1. The lowest BCUT2D eigenvalue weighted by atomic mass is 10.0. The summed E-state index contributed by atoms with van der Waals surface area (Å²) in [6, 6.07) is 7.11.